The van der Waals surface area contributed by atoms with Crippen LogP contribution in [0.5, 0.6) is 11.5 Å². The van der Waals surface area contributed by atoms with Gasteiger partial charge in [-0.1, -0.05) is 13.3 Å². The monoisotopic (exact) mass is 364 g/mol. The summed E-state index contributed by atoms with van der Waals surface area (Å²) in [5.41, 5.74) is 7.77. The molecule has 0 fully saturated rings. The van der Waals surface area contributed by atoms with Crippen molar-refractivity contribution < 1.29 is 24.5 Å². The molecule has 0 aliphatic carbocycles. The van der Waals surface area contributed by atoms with Crippen molar-refractivity contribution in [2.75, 3.05) is 6.54 Å². The molecule has 1 aromatic carbocycles. The molecule has 7 nitrogen and oxygen atoms in total. The van der Waals surface area contributed by atoms with Gasteiger partial charge in [-0.05, 0) is 69.7 Å². The summed E-state index contributed by atoms with van der Waals surface area (Å²) in [4.78, 5) is 27.0. The van der Waals surface area contributed by atoms with Gasteiger partial charge in [-0.2, -0.15) is 4.99 Å². The Morgan fingerprint density at radius 1 is 1.12 bits per heavy atom. The minimum Gasteiger partial charge on any atom is -0.507 e. The van der Waals surface area contributed by atoms with E-state index >= 15 is 0 Å². The van der Waals surface area contributed by atoms with Crippen molar-refractivity contribution in [2.24, 2.45) is 10.7 Å². The third kappa shape index (κ3) is 5.29. The minimum absolute atomic E-state index is 0.0935. The van der Waals surface area contributed by atoms with Crippen molar-refractivity contribution in [3.05, 3.63) is 22.3 Å². The van der Waals surface area contributed by atoms with Crippen LogP contribution < -0.4 is 10.5 Å². The highest BCUT2D eigenvalue weighted by Gasteiger charge is 2.21. The third-order valence-corrected chi connectivity index (χ3v) is 4.40. The van der Waals surface area contributed by atoms with Gasteiger partial charge in [-0.3, -0.25) is 0 Å². The van der Waals surface area contributed by atoms with Crippen LogP contribution in [0.3, 0.4) is 0 Å². The standard InChI is InChI=1S/C19H28N2O5/c1-5-6-8-14-13(4)16(22)11(2)12(3)17(14)26-19(25)21-15(18(23)24)9-7-10-20/h22H,5-10,20H2,1-4H3,(H,23,24)/b21-15-. The molecule has 0 aliphatic heterocycles. The van der Waals surface area contributed by atoms with Gasteiger partial charge in [0, 0.05) is 5.56 Å². The minimum atomic E-state index is -1.27. The van der Waals surface area contributed by atoms with Crippen molar-refractivity contribution in [3.8, 4) is 11.5 Å². The molecule has 0 unspecified atom stereocenters. The normalized spacial score (nSPS) is 11.5. The van der Waals surface area contributed by atoms with Crippen molar-refractivity contribution >= 4 is 17.8 Å². The van der Waals surface area contributed by atoms with Crippen LogP contribution in [0.25, 0.3) is 0 Å². The molecule has 0 radical (unpaired) electrons. The summed E-state index contributed by atoms with van der Waals surface area (Å²) in [6.07, 6.45) is 1.98. The number of nitrogens with zero attached hydrogens (tertiary/aromatic N) is 1. The number of hydrogen-bond acceptors (Lipinski definition) is 5. The number of phenols is 1. The molecule has 0 heterocycles. The molecule has 0 spiro atoms. The zero-order valence-electron chi connectivity index (χ0n) is 15.9. The number of phenolic OH excluding ortho intramolecular Hbond substituents is 1. The van der Waals surface area contributed by atoms with E-state index in [-0.39, 0.29) is 17.9 Å². The summed E-state index contributed by atoms with van der Waals surface area (Å²) >= 11 is 0. The quantitative estimate of drug-likeness (QED) is 0.607. The topological polar surface area (TPSA) is 122 Å². The van der Waals surface area contributed by atoms with Crippen molar-refractivity contribution in [1.29, 1.82) is 0 Å². The Bertz CT molecular complexity index is 711. The Kier molecular flexibility index (Phi) is 8.25. The number of aromatic hydroxyl groups is 1. The predicted molar refractivity (Wildman–Crippen MR) is 100 cm³/mol. The van der Waals surface area contributed by atoms with Gasteiger partial charge < -0.3 is 20.7 Å². The molecule has 4 N–H and O–H groups in total. The van der Waals surface area contributed by atoms with Crippen LogP contribution in [0.2, 0.25) is 0 Å². The lowest BCUT2D eigenvalue weighted by molar-refractivity contribution is -0.129. The average molecular weight is 364 g/mol. The number of carbonyl (C=O) groups excluding carboxylic acids is 1. The number of unbranched alkanes of at least 4 members (excludes halogenated alkanes) is 1. The van der Waals surface area contributed by atoms with Crippen LogP contribution >= 0.6 is 0 Å². The van der Waals surface area contributed by atoms with Crippen LogP contribution in [-0.4, -0.2) is 34.5 Å². The maximum atomic E-state index is 12.2. The third-order valence-electron chi connectivity index (χ3n) is 4.40. The fraction of sp³-hybridized carbons (Fsp3) is 0.526. The number of nitrogens with two attached hydrogens (primary N) is 1. The summed E-state index contributed by atoms with van der Waals surface area (Å²) < 4.78 is 5.42. The number of benzene rings is 1. The fourth-order valence-corrected chi connectivity index (χ4v) is 2.66. The Morgan fingerprint density at radius 2 is 1.77 bits per heavy atom. The maximum Gasteiger partial charge on any atom is 0.439 e. The fourth-order valence-electron chi connectivity index (χ4n) is 2.66. The molecule has 1 rings (SSSR count). The van der Waals surface area contributed by atoms with Gasteiger partial charge in [0.25, 0.3) is 0 Å². The lowest BCUT2D eigenvalue weighted by Gasteiger charge is -2.18. The number of aliphatic carboxylic acids is 1. The van der Waals surface area contributed by atoms with E-state index in [4.69, 9.17) is 15.6 Å². The van der Waals surface area contributed by atoms with Crippen molar-refractivity contribution in [3.63, 3.8) is 0 Å². The van der Waals surface area contributed by atoms with Crippen LogP contribution in [0.4, 0.5) is 4.79 Å². The van der Waals surface area contributed by atoms with Crippen molar-refractivity contribution in [1.82, 2.24) is 0 Å². The number of aliphatic imine (C=N–C) groups is 1. The number of carbonyl (C=O) groups is 2. The number of carboxylic acid groups (broad SMARTS) is 1. The molecule has 26 heavy (non-hydrogen) atoms. The van der Waals surface area contributed by atoms with E-state index in [1.54, 1.807) is 20.8 Å². The van der Waals surface area contributed by atoms with E-state index in [0.29, 0.717) is 41.8 Å². The van der Waals surface area contributed by atoms with E-state index in [9.17, 15) is 14.7 Å². The number of amides is 1. The van der Waals surface area contributed by atoms with Crippen LogP contribution in [0, 0.1) is 20.8 Å². The van der Waals surface area contributed by atoms with Gasteiger partial charge in [-0.25, -0.2) is 9.59 Å². The molecular weight excluding hydrogens is 336 g/mol. The second-order valence-electron chi connectivity index (χ2n) is 6.26. The second kappa shape index (κ2) is 9.91. The summed E-state index contributed by atoms with van der Waals surface area (Å²) in [6, 6.07) is 0. The molecule has 0 aromatic heterocycles. The van der Waals surface area contributed by atoms with Gasteiger partial charge >= 0.3 is 12.1 Å². The molecule has 7 heteroatoms. The first-order valence-corrected chi connectivity index (χ1v) is 8.78. The van der Waals surface area contributed by atoms with E-state index < -0.39 is 12.1 Å². The maximum absolute atomic E-state index is 12.2. The lowest BCUT2D eigenvalue weighted by Crippen LogP contribution is -2.18. The molecule has 0 aliphatic rings. The molecular formula is C19H28N2O5. The molecule has 1 amide bonds. The zero-order valence-corrected chi connectivity index (χ0v) is 15.9. The molecule has 144 valence electrons. The molecule has 0 saturated carbocycles. The van der Waals surface area contributed by atoms with E-state index in [1.807, 2.05) is 6.92 Å². The summed E-state index contributed by atoms with van der Waals surface area (Å²) in [5, 5.41) is 19.4. The highest BCUT2D eigenvalue weighted by Crippen LogP contribution is 2.38. The second-order valence-corrected chi connectivity index (χ2v) is 6.26. The largest absolute Gasteiger partial charge is 0.507 e. The van der Waals surface area contributed by atoms with Gasteiger partial charge in [0.2, 0.25) is 0 Å². The molecule has 0 saturated heterocycles. The summed E-state index contributed by atoms with van der Waals surface area (Å²) in [7, 11) is 0. The van der Waals surface area contributed by atoms with E-state index in [0.717, 1.165) is 18.4 Å². The van der Waals surface area contributed by atoms with E-state index in [1.165, 1.54) is 0 Å². The SMILES string of the molecule is CCCCc1c(C)c(O)c(C)c(C)c1OC(=O)/N=C(/CCCN)C(=O)O. The first-order chi connectivity index (χ1) is 12.2. The van der Waals surface area contributed by atoms with Gasteiger partial charge in [-0.15, -0.1) is 0 Å². The zero-order chi connectivity index (χ0) is 19.9. The Balaban J connectivity index is 3.25. The molecule has 0 atom stereocenters. The lowest BCUT2D eigenvalue weighted by atomic mass is 9.94. The highest BCUT2D eigenvalue weighted by molar-refractivity contribution is 6.37. The number of carboxylic acids is 1. The summed E-state index contributed by atoms with van der Waals surface area (Å²) in [6.45, 7) is 7.62. The number of hydrogen-bond donors (Lipinski definition) is 3. The van der Waals surface area contributed by atoms with E-state index in [2.05, 4.69) is 4.99 Å². The first-order valence-electron chi connectivity index (χ1n) is 8.78. The Morgan fingerprint density at radius 3 is 2.31 bits per heavy atom. The smallest absolute Gasteiger partial charge is 0.439 e. The molecule has 1 aromatic rings. The highest BCUT2D eigenvalue weighted by atomic mass is 16.5. The van der Waals surface area contributed by atoms with Gasteiger partial charge in [0.05, 0.1) is 0 Å². The Hall–Kier alpha value is -2.41. The van der Waals surface area contributed by atoms with Gasteiger partial charge in [0.1, 0.15) is 17.2 Å². The summed E-state index contributed by atoms with van der Waals surface area (Å²) in [5.74, 6) is -0.731. The number of ether oxygens (including phenoxy) is 1. The van der Waals surface area contributed by atoms with Crippen LogP contribution in [-0.2, 0) is 11.2 Å². The first kappa shape index (κ1) is 21.6. The number of rotatable bonds is 8. The van der Waals surface area contributed by atoms with Gasteiger partial charge in [0.15, 0.2) is 0 Å². The Labute approximate surface area is 153 Å². The molecule has 0 bridgehead atoms. The van der Waals surface area contributed by atoms with Crippen molar-refractivity contribution in [2.45, 2.75) is 59.8 Å². The van der Waals surface area contributed by atoms with Crippen LogP contribution in [0.15, 0.2) is 4.99 Å². The van der Waals surface area contributed by atoms with Crippen LogP contribution in [0.1, 0.15) is 54.9 Å². The predicted octanol–water partition coefficient (Wildman–Crippen LogP) is 3.42. The average Bonchev–Trinajstić information content (AvgIpc) is 2.60.